The monoisotopic (exact) mass is 561 g/mol. The van der Waals surface area contributed by atoms with Gasteiger partial charge in [0.05, 0.1) is 29.8 Å². The van der Waals surface area contributed by atoms with Crippen molar-refractivity contribution in [3.8, 4) is 17.2 Å². The van der Waals surface area contributed by atoms with Crippen LogP contribution in [0.4, 0.5) is 0 Å². The Morgan fingerprint density at radius 2 is 1.49 bits per heavy atom. The van der Waals surface area contributed by atoms with Crippen LogP contribution in [0.3, 0.4) is 0 Å². The van der Waals surface area contributed by atoms with E-state index in [0.29, 0.717) is 23.5 Å². The van der Waals surface area contributed by atoms with E-state index in [-0.39, 0.29) is 23.0 Å². The van der Waals surface area contributed by atoms with Gasteiger partial charge < -0.3 is 24.8 Å². The lowest BCUT2D eigenvalue weighted by molar-refractivity contribution is -0.105. The van der Waals surface area contributed by atoms with Gasteiger partial charge in [-0.1, -0.05) is 24.3 Å². The highest BCUT2D eigenvalue weighted by Crippen LogP contribution is 2.49. The van der Waals surface area contributed by atoms with Crippen LogP contribution in [0.15, 0.2) is 60.7 Å². The summed E-state index contributed by atoms with van der Waals surface area (Å²) in [5.41, 5.74) is -1.33. The third kappa shape index (κ3) is 4.95. The Labute approximate surface area is 234 Å². The molecule has 41 heavy (non-hydrogen) atoms. The maximum atomic E-state index is 13.2. The fraction of sp³-hybridized carbons (Fsp3) is 0.267. The van der Waals surface area contributed by atoms with Crippen molar-refractivity contribution in [2.75, 3.05) is 7.11 Å². The maximum Gasteiger partial charge on any atom is 0.338 e. The largest absolute Gasteiger partial charge is 0.507 e. The molecule has 2 fully saturated rings. The second-order valence-electron chi connectivity index (χ2n) is 10.1. The minimum Gasteiger partial charge on any atom is -0.507 e. The molecule has 3 aromatic carbocycles. The quantitative estimate of drug-likeness (QED) is 0.144. The fourth-order valence-electron chi connectivity index (χ4n) is 5.90. The van der Waals surface area contributed by atoms with Crippen molar-refractivity contribution in [2.24, 2.45) is 11.8 Å². The van der Waals surface area contributed by atoms with Crippen molar-refractivity contribution < 1.29 is 49.2 Å². The Kier molecular flexibility index (Phi) is 7.38. The van der Waals surface area contributed by atoms with Gasteiger partial charge in [-0.15, -0.1) is 0 Å². The summed E-state index contributed by atoms with van der Waals surface area (Å²) < 4.78 is 10.4. The van der Waals surface area contributed by atoms with Crippen molar-refractivity contribution >= 4 is 23.6 Å². The number of rotatable bonds is 7. The number of ether oxygens (including phenoxy) is 2. The van der Waals surface area contributed by atoms with Crippen molar-refractivity contribution in [3.63, 3.8) is 0 Å². The van der Waals surface area contributed by atoms with Gasteiger partial charge in [-0.05, 0) is 61.6 Å². The van der Waals surface area contributed by atoms with Crippen LogP contribution in [-0.2, 0) is 9.47 Å². The van der Waals surface area contributed by atoms with E-state index in [2.05, 4.69) is 4.74 Å². The zero-order valence-corrected chi connectivity index (χ0v) is 21.9. The summed E-state index contributed by atoms with van der Waals surface area (Å²) in [6.45, 7) is 0. The van der Waals surface area contributed by atoms with Crippen molar-refractivity contribution in [1.82, 2.24) is 5.06 Å². The topological polar surface area (TPSA) is 171 Å². The highest BCUT2D eigenvalue weighted by atomic mass is 16.5. The van der Waals surface area contributed by atoms with Gasteiger partial charge in [0.1, 0.15) is 28.9 Å². The summed E-state index contributed by atoms with van der Waals surface area (Å²) >= 11 is 0. The Hall–Kier alpha value is -4.90. The van der Waals surface area contributed by atoms with Crippen molar-refractivity contribution in [3.05, 3.63) is 88.5 Å². The molecule has 5 rings (SSSR count). The molecule has 11 heteroatoms. The minimum absolute atomic E-state index is 0.104. The first-order chi connectivity index (χ1) is 19.6. The molecule has 2 bridgehead atoms. The number of ketones is 1. The maximum absolute atomic E-state index is 13.2. The van der Waals surface area contributed by atoms with Gasteiger partial charge in [0.25, 0.3) is 5.91 Å². The molecule has 4 unspecified atom stereocenters. The van der Waals surface area contributed by atoms with E-state index in [1.165, 1.54) is 12.1 Å². The van der Waals surface area contributed by atoms with Gasteiger partial charge in [0.2, 0.25) is 5.78 Å². The van der Waals surface area contributed by atoms with E-state index in [1.807, 2.05) is 0 Å². The van der Waals surface area contributed by atoms with Gasteiger partial charge >= 0.3 is 11.9 Å². The number of phenolic OH excluding ortho intramolecular Hbond substituents is 3. The number of phenols is 3. The highest BCUT2D eigenvalue weighted by molar-refractivity contribution is 6.18. The van der Waals surface area contributed by atoms with Crippen LogP contribution >= 0.6 is 0 Å². The first-order valence-electron chi connectivity index (χ1n) is 12.9. The number of fused-ring (bicyclic) bond motifs is 2. The predicted octanol–water partition coefficient (Wildman–Crippen LogP) is 3.68. The normalized spacial score (nSPS) is 20.8. The number of nitrogens with zero attached hydrogens (tertiary/aromatic N) is 1. The lowest BCUT2D eigenvalue weighted by Gasteiger charge is -2.29. The molecule has 0 saturated heterocycles. The molecule has 212 valence electrons. The van der Waals surface area contributed by atoms with E-state index in [0.717, 1.165) is 31.7 Å². The lowest BCUT2D eigenvalue weighted by Crippen LogP contribution is -2.42. The van der Waals surface area contributed by atoms with Crippen LogP contribution in [0, 0.1) is 11.8 Å². The van der Waals surface area contributed by atoms with E-state index in [4.69, 9.17) is 4.74 Å². The number of hydrogen-bond donors (Lipinski definition) is 4. The number of hydrogen-bond acceptors (Lipinski definition) is 10. The van der Waals surface area contributed by atoms with Crippen LogP contribution in [0.25, 0.3) is 0 Å². The number of carbonyl (C=O) groups is 4. The zero-order valence-electron chi connectivity index (χ0n) is 21.9. The number of amides is 1. The molecule has 1 amide bonds. The van der Waals surface area contributed by atoms with E-state index >= 15 is 0 Å². The third-order valence-corrected chi connectivity index (χ3v) is 7.82. The first kappa shape index (κ1) is 27.7. The molecule has 0 aliphatic heterocycles. The van der Waals surface area contributed by atoms with Crippen LogP contribution in [0.2, 0.25) is 0 Å². The second-order valence-corrected chi connectivity index (χ2v) is 10.1. The molecule has 0 spiro atoms. The average Bonchev–Trinajstić information content (AvgIpc) is 3.52. The summed E-state index contributed by atoms with van der Waals surface area (Å²) in [5, 5.41) is 42.9. The summed E-state index contributed by atoms with van der Waals surface area (Å²) in [4.78, 5) is 51.2. The predicted molar refractivity (Wildman–Crippen MR) is 141 cm³/mol. The Morgan fingerprint density at radius 3 is 2.15 bits per heavy atom. The van der Waals surface area contributed by atoms with E-state index in [9.17, 15) is 39.7 Å². The molecular weight excluding hydrogens is 534 g/mol. The van der Waals surface area contributed by atoms with Crippen molar-refractivity contribution in [2.45, 2.75) is 31.4 Å². The van der Waals surface area contributed by atoms with E-state index < -0.39 is 64.2 Å². The van der Waals surface area contributed by atoms with E-state index in [1.54, 1.807) is 30.3 Å². The van der Waals surface area contributed by atoms with Gasteiger partial charge in [-0.3, -0.25) is 14.8 Å². The number of hydroxylamine groups is 2. The smallest absolute Gasteiger partial charge is 0.338 e. The summed E-state index contributed by atoms with van der Waals surface area (Å²) in [7, 11) is 1.09. The number of benzene rings is 3. The number of methoxy groups -OCH3 is 1. The minimum atomic E-state index is -1.07. The van der Waals surface area contributed by atoms with Gasteiger partial charge in [-0.2, -0.15) is 0 Å². The zero-order chi connectivity index (χ0) is 29.4. The van der Waals surface area contributed by atoms with Crippen LogP contribution in [-0.4, -0.2) is 68.5 Å². The van der Waals surface area contributed by atoms with Gasteiger partial charge in [0, 0.05) is 11.5 Å². The summed E-state index contributed by atoms with van der Waals surface area (Å²) in [6, 6.07) is 13.4. The van der Waals surface area contributed by atoms with Gasteiger partial charge in [-0.25, -0.2) is 14.7 Å². The molecular formula is C30H27NO10. The summed E-state index contributed by atoms with van der Waals surface area (Å²) in [6.07, 6.45) is 1.18. The molecule has 2 aliphatic carbocycles. The Balaban J connectivity index is 1.35. The molecule has 4 N–H and O–H groups in total. The molecule has 0 aromatic heterocycles. The lowest BCUT2D eigenvalue weighted by atomic mass is 9.94. The Morgan fingerprint density at radius 1 is 0.805 bits per heavy atom. The molecule has 2 saturated carbocycles. The third-order valence-electron chi connectivity index (χ3n) is 7.82. The molecule has 3 aromatic rings. The van der Waals surface area contributed by atoms with Crippen molar-refractivity contribution in [1.29, 1.82) is 0 Å². The fourth-order valence-corrected chi connectivity index (χ4v) is 5.90. The molecule has 11 nitrogen and oxygen atoms in total. The molecule has 2 aliphatic rings. The average molecular weight is 562 g/mol. The number of aromatic hydroxyl groups is 3. The van der Waals surface area contributed by atoms with Crippen LogP contribution in [0.5, 0.6) is 17.2 Å². The standard InChI is InChI=1S/C30H27NO10/c1-40-30(38)19-8-5-9-21(32)24(19)26(35)25-22(33)13-17(14-23(25)34)29(37)41-27-16-10-11-18(27)20(12-16)31(39)28(36)15-6-3-2-4-7-15/h2-9,13-14,16,18,20,27,32-34,39H,10-12H2,1H3. The molecule has 4 atom stereocenters. The highest BCUT2D eigenvalue weighted by Gasteiger charge is 2.53. The Bertz CT molecular complexity index is 1510. The SMILES string of the molecule is COC(=O)c1cccc(O)c1C(=O)c1c(O)cc(C(=O)OC2C3CCC2C(N(O)C(=O)c2ccccc2)C3)cc1O. The van der Waals surface area contributed by atoms with Crippen LogP contribution in [0.1, 0.15) is 66.3 Å². The second kappa shape index (κ2) is 10.9. The molecule has 0 heterocycles. The first-order valence-corrected chi connectivity index (χ1v) is 12.9. The number of esters is 2. The van der Waals surface area contributed by atoms with Crippen LogP contribution < -0.4 is 0 Å². The summed E-state index contributed by atoms with van der Waals surface area (Å²) in [5.74, 6) is -5.96. The number of carbonyl (C=O) groups excluding carboxylic acids is 4. The van der Waals surface area contributed by atoms with Gasteiger partial charge in [0.15, 0.2) is 0 Å². The molecule has 0 radical (unpaired) electrons.